The molecule has 0 unspecified atom stereocenters. The van der Waals surface area contributed by atoms with Crippen LogP contribution in [0.4, 0.5) is 0 Å². The van der Waals surface area contributed by atoms with E-state index >= 15 is 0 Å². The first-order valence-electron chi connectivity index (χ1n) is 6.71. The Hall–Kier alpha value is -2.34. The molecular formula is C17H17NO2. The largest absolute Gasteiger partial charge is 0.443 e. The number of unbranched alkanes of at least 4 members (excludes halogenated alkanes) is 1. The fourth-order valence-electron chi connectivity index (χ4n) is 1.86. The van der Waals surface area contributed by atoms with Gasteiger partial charge in [-0.15, -0.1) is 0 Å². The highest BCUT2D eigenvalue weighted by Gasteiger charge is 2.13. The molecule has 0 aliphatic rings. The van der Waals surface area contributed by atoms with Crippen LogP contribution < -0.4 is 0 Å². The second-order valence-electron chi connectivity index (χ2n) is 4.52. The van der Waals surface area contributed by atoms with E-state index in [1.54, 1.807) is 6.20 Å². The van der Waals surface area contributed by atoms with Gasteiger partial charge in [0.1, 0.15) is 0 Å². The topological polar surface area (TPSA) is 39.2 Å². The van der Waals surface area contributed by atoms with E-state index in [0.717, 1.165) is 23.6 Å². The first-order chi connectivity index (χ1) is 9.70. The van der Waals surface area contributed by atoms with Gasteiger partial charge >= 0.3 is 5.97 Å². The van der Waals surface area contributed by atoms with Crippen molar-refractivity contribution in [1.82, 2.24) is 4.98 Å². The number of carbonyl (C=O) groups excluding carboxylic acids is 1. The molecule has 3 nitrogen and oxygen atoms in total. The molecule has 20 heavy (non-hydrogen) atoms. The zero-order valence-corrected chi connectivity index (χ0v) is 11.7. The lowest BCUT2D eigenvalue weighted by Gasteiger charge is -2.11. The van der Waals surface area contributed by atoms with Crippen LogP contribution in [0.5, 0.6) is 0 Å². The molecule has 3 heteroatoms. The Bertz CT molecular complexity index is 667. The number of fused-ring (bicyclic) bond motifs is 1. The minimum absolute atomic E-state index is 0.351. The number of aromatic nitrogens is 1. The van der Waals surface area contributed by atoms with Gasteiger partial charge < -0.3 is 4.74 Å². The molecule has 0 fully saturated rings. The molecule has 1 atom stereocenters. The third-order valence-corrected chi connectivity index (χ3v) is 2.81. The third kappa shape index (κ3) is 3.58. The summed E-state index contributed by atoms with van der Waals surface area (Å²) in [4.78, 5) is 15.6. The van der Waals surface area contributed by atoms with E-state index in [-0.39, 0.29) is 5.97 Å². The number of hydrogen-bond donors (Lipinski definition) is 0. The van der Waals surface area contributed by atoms with E-state index in [2.05, 4.69) is 23.7 Å². The fraction of sp³-hybridized carbons (Fsp3) is 0.294. The van der Waals surface area contributed by atoms with Crippen molar-refractivity contribution in [1.29, 1.82) is 0 Å². The van der Waals surface area contributed by atoms with Crippen molar-refractivity contribution in [2.45, 2.75) is 32.8 Å². The van der Waals surface area contributed by atoms with Crippen LogP contribution in [0.15, 0.2) is 36.5 Å². The van der Waals surface area contributed by atoms with Crippen LogP contribution >= 0.6 is 0 Å². The molecule has 0 aliphatic heterocycles. The first-order valence-corrected chi connectivity index (χ1v) is 6.71. The van der Waals surface area contributed by atoms with E-state index in [4.69, 9.17) is 4.74 Å². The van der Waals surface area contributed by atoms with Crippen molar-refractivity contribution in [3.8, 4) is 11.8 Å². The van der Waals surface area contributed by atoms with Crippen LogP contribution in [0.3, 0.4) is 0 Å². The summed E-state index contributed by atoms with van der Waals surface area (Å²) in [5.41, 5.74) is 0.669. The number of nitrogens with zero attached hydrogens (tertiary/aromatic N) is 1. The van der Waals surface area contributed by atoms with Gasteiger partial charge in [0.25, 0.3) is 0 Å². The predicted molar refractivity (Wildman–Crippen MR) is 78.9 cm³/mol. The molecule has 0 saturated heterocycles. The Morgan fingerprint density at radius 2 is 2.10 bits per heavy atom. The van der Waals surface area contributed by atoms with E-state index in [1.165, 1.54) is 6.92 Å². The van der Waals surface area contributed by atoms with Crippen LogP contribution in [0.2, 0.25) is 0 Å². The summed E-state index contributed by atoms with van der Waals surface area (Å²) in [6.07, 6.45) is 2.95. The highest BCUT2D eigenvalue weighted by molar-refractivity contribution is 5.82. The van der Waals surface area contributed by atoms with Crippen molar-refractivity contribution >= 4 is 16.7 Å². The zero-order valence-electron chi connectivity index (χ0n) is 11.7. The van der Waals surface area contributed by atoms with Gasteiger partial charge in [0.05, 0.1) is 5.69 Å². The molecule has 0 saturated carbocycles. The Balaban J connectivity index is 2.34. The lowest BCUT2D eigenvalue weighted by atomic mass is 10.1. The number of benzene rings is 1. The van der Waals surface area contributed by atoms with Crippen molar-refractivity contribution < 1.29 is 9.53 Å². The van der Waals surface area contributed by atoms with Crippen molar-refractivity contribution in [3.63, 3.8) is 0 Å². The average Bonchev–Trinajstić information content (AvgIpc) is 2.45. The highest BCUT2D eigenvalue weighted by Crippen LogP contribution is 2.20. The number of esters is 1. The molecule has 0 amide bonds. The molecule has 1 aromatic heterocycles. The summed E-state index contributed by atoms with van der Waals surface area (Å²) in [6, 6.07) is 9.86. The maximum absolute atomic E-state index is 11.2. The summed E-state index contributed by atoms with van der Waals surface area (Å²) in [5, 5.41) is 2.12. The number of pyridine rings is 1. The van der Waals surface area contributed by atoms with E-state index < -0.39 is 6.10 Å². The predicted octanol–water partition coefficient (Wildman–Crippen LogP) is 3.64. The van der Waals surface area contributed by atoms with Gasteiger partial charge in [-0.2, -0.15) is 0 Å². The maximum Gasteiger partial charge on any atom is 0.304 e. The van der Waals surface area contributed by atoms with E-state index in [0.29, 0.717) is 5.69 Å². The molecule has 1 heterocycles. The molecule has 2 aromatic rings. The lowest BCUT2D eigenvalue weighted by Crippen LogP contribution is -2.08. The summed E-state index contributed by atoms with van der Waals surface area (Å²) < 4.78 is 5.26. The molecule has 2 rings (SSSR count). The van der Waals surface area contributed by atoms with Gasteiger partial charge in [0, 0.05) is 24.9 Å². The number of rotatable bonds is 3. The van der Waals surface area contributed by atoms with Crippen molar-refractivity contribution in [2.24, 2.45) is 0 Å². The van der Waals surface area contributed by atoms with Gasteiger partial charge in [0.2, 0.25) is 6.10 Å². The molecule has 0 radical (unpaired) electrons. The molecular weight excluding hydrogens is 250 g/mol. The van der Waals surface area contributed by atoms with Gasteiger partial charge in [-0.1, -0.05) is 43.0 Å². The summed E-state index contributed by atoms with van der Waals surface area (Å²) in [6.45, 7) is 3.44. The summed E-state index contributed by atoms with van der Waals surface area (Å²) in [7, 11) is 0. The normalized spacial score (nSPS) is 11.5. The maximum atomic E-state index is 11.2. The van der Waals surface area contributed by atoms with E-state index in [1.807, 2.05) is 30.3 Å². The second kappa shape index (κ2) is 6.72. The Morgan fingerprint density at radius 1 is 1.35 bits per heavy atom. The SMILES string of the molecule is CCCC#C[C@@H](OC(C)=O)c1cc2ccccc2cn1. The van der Waals surface area contributed by atoms with Gasteiger partial charge in [-0.3, -0.25) is 9.78 Å². The van der Waals surface area contributed by atoms with Crippen LogP contribution in [0.1, 0.15) is 38.5 Å². The standard InChI is InChI=1S/C17H17NO2/c1-3-4-5-10-17(20-13(2)19)16-11-14-8-6-7-9-15(14)12-18-16/h6-9,11-12,17H,3-4H2,1-2H3/t17-/m1/s1. The highest BCUT2D eigenvalue weighted by atomic mass is 16.5. The fourth-order valence-corrected chi connectivity index (χ4v) is 1.86. The monoisotopic (exact) mass is 267 g/mol. The molecule has 0 N–H and O–H groups in total. The van der Waals surface area contributed by atoms with Crippen LogP contribution in [-0.4, -0.2) is 11.0 Å². The number of ether oxygens (including phenoxy) is 1. The van der Waals surface area contributed by atoms with Crippen LogP contribution in [0, 0.1) is 11.8 Å². The van der Waals surface area contributed by atoms with Crippen molar-refractivity contribution in [2.75, 3.05) is 0 Å². The summed E-state index contributed by atoms with van der Waals surface area (Å²) >= 11 is 0. The lowest BCUT2D eigenvalue weighted by molar-refractivity contribution is -0.144. The van der Waals surface area contributed by atoms with Crippen molar-refractivity contribution in [3.05, 3.63) is 42.2 Å². The quantitative estimate of drug-likeness (QED) is 0.629. The zero-order chi connectivity index (χ0) is 14.4. The third-order valence-electron chi connectivity index (χ3n) is 2.81. The molecule has 0 spiro atoms. The smallest absolute Gasteiger partial charge is 0.304 e. The van der Waals surface area contributed by atoms with Crippen LogP contribution in [0.25, 0.3) is 10.8 Å². The van der Waals surface area contributed by atoms with E-state index in [9.17, 15) is 4.79 Å². The van der Waals surface area contributed by atoms with Gasteiger partial charge in [-0.25, -0.2) is 0 Å². The number of carbonyl (C=O) groups is 1. The van der Waals surface area contributed by atoms with Gasteiger partial charge in [0.15, 0.2) is 0 Å². The molecule has 0 aliphatic carbocycles. The Labute approximate surface area is 119 Å². The molecule has 0 bridgehead atoms. The second-order valence-corrected chi connectivity index (χ2v) is 4.52. The average molecular weight is 267 g/mol. The summed E-state index contributed by atoms with van der Waals surface area (Å²) in [5.74, 6) is 5.65. The minimum Gasteiger partial charge on any atom is -0.443 e. The number of hydrogen-bond acceptors (Lipinski definition) is 3. The molecule has 1 aromatic carbocycles. The van der Waals surface area contributed by atoms with Gasteiger partial charge in [-0.05, 0) is 17.9 Å². The Morgan fingerprint density at radius 3 is 2.80 bits per heavy atom. The molecule has 102 valence electrons. The first kappa shape index (κ1) is 14.1. The Kier molecular flexibility index (Phi) is 4.73. The van der Waals surface area contributed by atoms with Crippen LogP contribution in [-0.2, 0) is 9.53 Å². The minimum atomic E-state index is -0.594.